The van der Waals surface area contributed by atoms with Gasteiger partial charge in [0.25, 0.3) is 5.91 Å². The summed E-state index contributed by atoms with van der Waals surface area (Å²) in [7, 11) is 0. The van der Waals surface area contributed by atoms with Crippen LogP contribution in [0, 0.1) is 0 Å². The molecule has 0 aromatic carbocycles. The number of nitrogens with one attached hydrogen (secondary N) is 2. The highest BCUT2D eigenvalue weighted by molar-refractivity contribution is 5.97. The van der Waals surface area contributed by atoms with E-state index in [4.69, 9.17) is 5.73 Å². The highest BCUT2D eigenvalue weighted by Gasteiger charge is 2.06. The minimum atomic E-state index is -0.464. The Morgan fingerprint density at radius 3 is 3.00 bits per heavy atom. The molecule has 0 saturated heterocycles. The second-order valence-corrected chi connectivity index (χ2v) is 3.04. The Morgan fingerprint density at radius 1 is 1.53 bits per heavy atom. The zero-order chi connectivity index (χ0) is 11.1. The maximum absolute atomic E-state index is 11.0. The highest BCUT2D eigenvalue weighted by Crippen LogP contribution is 2.09. The zero-order valence-electron chi connectivity index (χ0n) is 8.79. The van der Waals surface area contributed by atoms with Gasteiger partial charge in [-0.2, -0.15) is 0 Å². The molecule has 4 N–H and O–H groups in total. The Balaban J connectivity index is 2.56. The van der Waals surface area contributed by atoms with E-state index in [9.17, 15) is 4.79 Å². The Bertz CT molecular complexity index is 327. The first-order valence-corrected chi connectivity index (χ1v) is 4.95. The summed E-state index contributed by atoms with van der Waals surface area (Å²) in [5, 5.41) is 6.22. The van der Waals surface area contributed by atoms with E-state index in [1.54, 1.807) is 18.3 Å². The lowest BCUT2D eigenvalue weighted by Crippen LogP contribution is -2.23. The maximum Gasteiger partial charge on any atom is 0.252 e. The SMILES string of the molecule is CCNCCNc1ncccc1C(N)=O. The van der Waals surface area contributed by atoms with Gasteiger partial charge in [-0.15, -0.1) is 0 Å². The van der Waals surface area contributed by atoms with Crippen molar-refractivity contribution >= 4 is 11.7 Å². The highest BCUT2D eigenvalue weighted by atomic mass is 16.1. The van der Waals surface area contributed by atoms with Crippen molar-refractivity contribution in [3.63, 3.8) is 0 Å². The number of hydrogen-bond acceptors (Lipinski definition) is 4. The van der Waals surface area contributed by atoms with Crippen LogP contribution in [0.15, 0.2) is 18.3 Å². The van der Waals surface area contributed by atoms with E-state index in [1.165, 1.54) is 0 Å². The Morgan fingerprint density at radius 2 is 2.33 bits per heavy atom. The van der Waals surface area contributed by atoms with Gasteiger partial charge in [0.1, 0.15) is 5.82 Å². The number of anilines is 1. The molecule has 0 saturated carbocycles. The van der Waals surface area contributed by atoms with E-state index in [0.29, 0.717) is 17.9 Å². The molecule has 5 nitrogen and oxygen atoms in total. The van der Waals surface area contributed by atoms with E-state index in [0.717, 1.165) is 13.1 Å². The molecule has 1 aromatic rings. The van der Waals surface area contributed by atoms with Crippen LogP contribution in [0.2, 0.25) is 0 Å². The molecular weight excluding hydrogens is 192 g/mol. The van der Waals surface area contributed by atoms with Crippen molar-refractivity contribution in [1.82, 2.24) is 10.3 Å². The molecule has 0 atom stereocenters. The molecule has 0 radical (unpaired) electrons. The summed E-state index contributed by atoms with van der Waals surface area (Å²) in [4.78, 5) is 15.1. The quantitative estimate of drug-likeness (QED) is 0.583. The van der Waals surface area contributed by atoms with Gasteiger partial charge in [-0.25, -0.2) is 4.98 Å². The van der Waals surface area contributed by atoms with E-state index in [1.807, 2.05) is 6.92 Å². The zero-order valence-corrected chi connectivity index (χ0v) is 8.79. The second-order valence-electron chi connectivity index (χ2n) is 3.04. The van der Waals surface area contributed by atoms with E-state index in [-0.39, 0.29) is 0 Å². The lowest BCUT2D eigenvalue weighted by Gasteiger charge is -2.08. The normalized spacial score (nSPS) is 9.93. The topological polar surface area (TPSA) is 80.0 Å². The van der Waals surface area contributed by atoms with Crippen LogP contribution >= 0.6 is 0 Å². The largest absolute Gasteiger partial charge is 0.368 e. The number of hydrogen-bond donors (Lipinski definition) is 3. The summed E-state index contributed by atoms with van der Waals surface area (Å²) in [5.41, 5.74) is 5.64. The summed E-state index contributed by atoms with van der Waals surface area (Å²) in [5.74, 6) is 0.0805. The number of pyridine rings is 1. The number of rotatable bonds is 6. The van der Waals surface area contributed by atoms with Gasteiger partial charge in [0.2, 0.25) is 0 Å². The number of nitrogens with zero attached hydrogens (tertiary/aromatic N) is 1. The Hall–Kier alpha value is -1.62. The van der Waals surface area contributed by atoms with Crippen molar-refractivity contribution in [3.8, 4) is 0 Å². The van der Waals surface area contributed by atoms with Gasteiger partial charge < -0.3 is 16.4 Å². The number of carbonyl (C=O) groups excluding carboxylic acids is 1. The molecule has 82 valence electrons. The monoisotopic (exact) mass is 208 g/mol. The van der Waals surface area contributed by atoms with Crippen LogP contribution in [0.1, 0.15) is 17.3 Å². The van der Waals surface area contributed by atoms with Gasteiger partial charge in [-0.3, -0.25) is 4.79 Å². The minimum Gasteiger partial charge on any atom is -0.368 e. The summed E-state index contributed by atoms with van der Waals surface area (Å²) in [6.45, 7) is 4.50. The first-order valence-electron chi connectivity index (χ1n) is 4.95. The molecule has 1 heterocycles. The van der Waals surface area contributed by atoms with Crippen molar-refractivity contribution in [2.24, 2.45) is 5.73 Å². The first-order chi connectivity index (χ1) is 7.25. The third-order valence-electron chi connectivity index (χ3n) is 1.92. The van der Waals surface area contributed by atoms with E-state index >= 15 is 0 Å². The predicted octanol–water partition coefficient (Wildman–Crippen LogP) is 0.202. The van der Waals surface area contributed by atoms with Gasteiger partial charge in [0.15, 0.2) is 0 Å². The molecule has 1 amide bonds. The average Bonchev–Trinajstić information content (AvgIpc) is 2.25. The van der Waals surface area contributed by atoms with Crippen LogP contribution in [-0.4, -0.2) is 30.5 Å². The molecule has 0 aliphatic carbocycles. The number of carbonyl (C=O) groups is 1. The fourth-order valence-electron chi connectivity index (χ4n) is 1.19. The molecule has 15 heavy (non-hydrogen) atoms. The Kier molecular flexibility index (Phi) is 4.56. The minimum absolute atomic E-state index is 0.425. The summed E-state index contributed by atoms with van der Waals surface area (Å²) >= 11 is 0. The molecule has 0 aliphatic heterocycles. The fraction of sp³-hybridized carbons (Fsp3) is 0.400. The van der Waals surface area contributed by atoms with E-state index < -0.39 is 5.91 Å². The molecule has 0 aliphatic rings. The lowest BCUT2D eigenvalue weighted by atomic mass is 10.2. The predicted molar refractivity (Wildman–Crippen MR) is 59.8 cm³/mol. The summed E-state index contributed by atoms with van der Waals surface area (Å²) in [6.07, 6.45) is 1.63. The number of aromatic nitrogens is 1. The van der Waals surface area contributed by atoms with E-state index in [2.05, 4.69) is 15.6 Å². The van der Waals surface area contributed by atoms with Crippen LogP contribution < -0.4 is 16.4 Å². The van der Waals surface area contributed by atoms with Crippen LogP contribution in [0.25, 0.3) is 0 Å². The number of amides is 1. The maximum atomic E-state index is 11.0. The van der Waals surface area contributed by atoms with Gasteiger partial charge >= 0.3 is 0 Å². The van der Waals surface area contributed by atoms with Gasteiger partial charge in [0.05, 0.1) is 5.56 Å². The Labute approximate surface area is 89.1 Å². The molecular formula is C10H16N4O. The molecule has 0 spiro atoms. The first kappa shape index (κ1) is 11.5. The molecule has 0 bridgehead atoms. The van der Waals surface area contributed by atoms with Crippen molar-refractivity contribution in [3.05, 3.63) is 23.9 Å². The number of likely N-dealkylation sites (N-methyl/N-ethyl adjacent to an activating group) is 1. The molecule has 0 unspecified atom stereocenters. The third-order valence-corrected chi connectivity index (χ3v) is 1.92. The number of primary amides is 1. The summed E-state index contributed by atoms with van der Waals surface area (Å²) < 4.78 is 0. The smallest absolute Gasteiger partial charge is 0.252 e. The van der Waals surface area contributed by atoms with Crippen molar-refractivity contribution in [2.75, 3.05) is 25.0 Å². The standard InChI is InChI=1S/C10H16N4O/c1-2-12-6-7-14-10-8(9(11)15)4-3-5-13-10/h3-5,12H,2,6-7H2,1H3,(H2,11,15)(H,13,14). The number of nitrogens with two attached hydrogens (primary N) is 1. The molecule has 0 fully saturated rings. The van der Waals surface area contributed by atoms with Crippen molar-refractivity contribution in [2.45, 2.75) is 6.92 Å². The lowest BCUT2D eigenvalue weighted by molar-refractivity contribution is 0.100. The van der Waals surface area contributed by atoms with Crippen LogP contribution in [-0.2, 0) is 0 Å². The average molecular weight is 208 g/mol. The molecule has 1 rings (SSSR count). The van der Waals surface area contributed by atoms with Crippen LogP contribution in [0.4, 0.5) is 5.82 Å². The van der Waals surface area contributed by atoms with Gasteiger partial charge in [-0.1, -0.05) is 6.92 Å². The van der Waals surface area contributed by atoms with Crippen LogP contribution in [0.3, 0.4) is 0 Å². The van der Waals surface area contributed by atoms with Gasteiger partial charge in [0, 0.05) is 19.3 Å². The molecule has 1 aromatic heterocycles. The third kappa shape index (κ3) is 3.55. The summed E-state index contributed by atoms with van der Waals surface area (Å²) in [6, 6.07) is 3.35. The fourth-order valence-corrected chi connectivity index (χ4v) is 1.19. The van der Waals surface area contributed by atoms with Gasteiger partial charge in [-0.05, 0) is 18.7 Å². The van der Waals surface area contributed by atoms with Crippen molar-refractivity contribution in [1.29, 1.82) is 0 Å². The van der Waals surface area contributed by atoms with Crippen molar-refractivity contribution < 1.29 is 4.79 Å². The molecule has 5 heteroatoms. The van der Waals surface area contributed by atoms with Crippen LogP contribution in [0.5, 0.6) is 0 Å². The second kappa shape index (κ2) is 5.98.